The minimum Gasteiger partial charge on any atom is -0.465 e. The maximum atomic E-state index is 12.5. The number of amides is 1. The maximum absolute atomic E-state index is 12.5. The lowest BCUT2D eigenvalue weighted by Crippen LogP contribution is -2.25. The van der Waals surface area contributed by atoms with Gasteiger partial charge in [0.2, 0.25) is 0 Å². The Morgan fingerprint density at radius 1 is 1.35 bits per heavy atom. The van der Waals surface area contributed by atoms with Crippen molar-refractivity contribution in [2.24, 2.45) is 0 Å². The number of methoxy groups -OCH3 is 1. The van der Waals surface area contributed by atoms with E-state index in [-0.39, 0.29) is 5.91 Å². The predicted octanol–water partition coefficient (Wildman–Crippen LogP) is 1.40. The number of nitrogens with zero attached hydrogens (tertiary/aromatic N) is 1. The van der Waals surface area contributed by atoms with Gasteiger partial charge in [0.05, 0.1) is 12.7 Å². The summed E-state index contributed by atoms with van der Waals surface area (Å²) < 4.78 is 4.71. The summed E-state index contributed by atoms with van der Waals surface area (Å²) in [6.07, 6.45) is 0.826. The van der Waals surface area contributed by atoms with Gasteiger partial charge in [0.25, 0.3) is 5.91 Å². The van der Waals surface area contributed by atoms with Crippen molar-refractivity contribution in [1.82, 2.24) is 15.5 Å². The first-order valence-corrected chi connectivity index (χ1v) is 7.37. The molecule has 0 atom stereocenters. The van der Waals surface area contributed by atoms with Crippen LogP contribution in [-0.2, 0) is 17.7 Å². The number of benzene rings is 1. The summed E-state index contributed by atoms with van der Waals surface area (Å²) in [5.41, 5.74) is 4.09. The van der Waals surface area contributed by atoms with Crippen molar-refractivity contribution in [3.63, 3.8) is 0 Å². The molecule has 7 nitrogen and oxygen atoms in total. The lowest BCUT2D eigenvalue weighted by atomic mass is 10.1. The van der Waals surface area contributed by atoms with Gasteiger partial charge in [-0.3, -0.25) is 9.89 Å². The summed E-state index contributed by atoms with van der Waals surface area (Å²) in [5.74, 6) is -0.738. The van der Waals surface area contributed by atoms with Gasteiger partial charge in [-0.15, -0.1) is 0 Å². The van der Waals surface area contributed by atoms with Crippen LogP contribution in [0.4, 0.5) is 5.69 Å². The van der Waals surface area contributed by atoms with Gasteiger partial charge < -0.3 is 15.4 Å². The predicted molar refractivity (Wildman–Crippen MR) is 84.5 cm³/mol. The fourth-order valence-electron chi connectivity index (χ4n) is 2.60. The second-order valence-electron chi connectivity index (χ2n) is 5.43. The van der Waals surface area contributed by atoms with E-state index in [4.69, 9.17) is 4.74 Å². The molecule has 1 aliphatic rings. The fourth-order valence-corrected chi connectivity index (χ4v) is 2.60. The third-order valence-electron chi connectivity index (χ3n) is 3.93. The van der Waals surface area contributed by atoms with E-state index in [2.05, 4.69) is 20.8 Å². The number of hydrogen-bond donors (Lipinski definition) is 3. The summed E-state index contributed by atoms with van der Waals surface area (Å²) >= 11 is 0. The van der Waals surface area contributed by atoms with Crippen LogP contribution in [0.3, 0.4) is 0 Å². The molecule has 3 N–H and O–H groups in total. The van der Waals surface area contributed by atoms with Crippen LogP contribution in [0.15, 0.2) is 18.2 Å². The highest BCUT2D eigenvalue weighted by Crippen LogP contribution is 2.20. The molecule has 120 valence electrons. The molecule has 0 fully saturated rings. The molecule has 1 aromatic heterocycles. The van der Waals surface area contributed by atoms with E-state index < -0.39 is 5.97 Å². The van der Waals surface area contributed by atoms with Crippen LogP contribution in [0.2, 0.25) is 0 Å². The van der Waals surface area contributed by atoms with E-state index in [0.717, 1.165) is 29.8 Å². The maximum Gasteiger partial charge on any atom is 0.337 e. The average Bonchev–Trinajstić information content (AvgIpc) is 3.00. The number of carbonyl (C=O) groups excluding carboxylic acids is 2. The molecule has 1 amide bonds. The Balaban J connectivity index is 1.85. The van der Waals surface area contributed by atoms with Crippen molar-refractivity contribution in [3.05, 3.63) is 46.3 Å². The Kier molecular flexibility index (Phi) is 4.12. The molecular weight excluding hydrogens is 296 g/mol. The van der Waals surface area contributed by atoms with Gasteiger partial charge in [0.15, 0.2) is 5.69 Å². The molecule has 2 heterocycles. The van der Waals surface area contributed by atoms with Gasteiger partial charge in [-0.25, -0.2) is 4.79 Å². The molecule has 0 saturated heterocycles. The number of aryl methyl sites for hydroxylation is 1. The number of fused-ring (bicyclic) bond motifs is 1. The number of H-pyrrole nitrogens is 1. The fraction of sp³-hybridized carbons (Fsp3) is 0.312. The van der Waals surface area contributed by atoms with Crippen LogP contribution in [0.1, 0.15) is 37.7 Å². The summed E-state index contributed by atoms with van der Waals surface area (Å²) in [6.45, 7) is 3.35. The van der Waals surface area contributed by atoms with Crippen LogP contribution in [0, 0.1) is 6.92 Å². The molecule has 0 radical (unpaired) electrons. The Morgan fingerprint density at radius 3 is 2.96 bits per heavy atom. The number of carbonyl (C=O) groups is 2. The second kappa shape index (κ2) is 6.21. The average molecular weight is 314 g/mol. The molecule has 0 aliphatic carbocycles. The lowest BCUT2D eigenvalue weighted by molar-refractivity contribution is 0.0600. The van der Waals surface area contributed by atoms with Crippen LogP contribution in [0.25, 0.3) is 0 Å². The first kappa shape index (κ1) is 15.2. The second-order valence-corrected chi connectivity index (χ2v) is 5.43. The van der Waals surface area contributed by atoms with Crippen molar-refractivity contribution >= 4 is 17.6 Å². The van der Waals surface area contributed by atoms with Gasteiger partial charge in [-0.1, -0.05) is 6.07 Å². The van der Waals surface area contributed by atoms with E-state index in [1.54, 1.807) is 18.2 Å². The SMILES string of the molecule is COC(=O)c1ccc(C)c(NC(=O)c2n[nH]c3c2CNCC3)c1. The molecule has 0 spiro atoms. The third kappa shape index (κ3) is 2.95. The Morgan fingerprint density at radius 2 is 2.17 bits per heavy atom. The zero-order chi connectivity index (χ0) is 16.4. The Bertz CT molecular complexity index is 767. The van der Waals surface area contributed by atoms with Crippen molar-refractivity contribution in [3.8, 4) is 0 Å². The van der Waals surface area contributed by atoms with E-state index in [0.29, 0.717) is 23.5 Å². The van der Waals surface area contributed by atoms with Crippen LogP contribution in [-0.4, -0.2) is 35.7 Å². The Hall–Kier alpha value is -2.67. The van der Waals surface area contributed by atoms with Crippen LogP contribution < -0.4 is 10.6 Å². The van der Waals surface area contributed by atoms with E-state index in [9.17, 15) is 9.59 Å². The van der Waals surface area contributed by atoms with Gasteiger partial charge in [0, 0.05) is 36.5 Å². The number of nitrogens with one attached hydrogen (secondary N) is 3. The van der Waals surface area contributed by atoms with Gasteiger partial charge in [0.1, 0.15) is 0 Å². The highest BCUT2D eigenvalue weighted by molar-refractivity contribution is 6.05. The summed E-state index contributed by atoms with van der Waals surface area (Å²) in [5, 5.41) is 13.1. The number of aromatic nitrogens is 2. The smallest absolute Gasteiger partial charge is 0.337 e. The van der Waals surface area contributed by atoms with Crippen LogP contribution >= 0.6 is 0 Å². The highest BCUT2D eigenvalue weighted by Gasteiger charge is 2.22. The van der Waals surface area contributed by atoms with Gasteiger partial charge in [-0.05, 0) is 24.6 Å². The van der Waals surface area contributed by atoms with Crippen molar-refractivity contribution in [1.29, 1.82) is 0 Å². The quantitative estimate of drug-likeness (QED) is 0.744. The van der Waals surface area contributed by atoms with Crippen molar-refractivity contribution < 1.29 is 14.3 Å². The summed E-state index contributed by atoms with van der Waals surface area (Å²) in [6, 6.07) is 5.04. The highest BCUT2D eigenvalue weighted by atomic mass is 16.5. The minimum absolute atomic E-state index is 0.295. The number of aromatic amines is 1. The van der Waals surface area contributed by atoms with E-state index in [1.807, 2.05) is 6.92 Å². The number of ether oxygens (including phenoxy) is 1. The molecular formula is C16H18N4O3. The molecule has 7 heteroatoms. The van der Waals surface area contributed by atoms with Crippen molar-refractivity contribution in [2.75, 3.05) is 19.0 Å². The number of anilines is 1. The van der Waals surface area contributed by atoms with Crippen molar-refractivity contribution in [2.45, 2.75) is 19.9 Å². The Labute approximate surface area is 133 Å². The molecule has 2 aromatic rings. The normalized spacial score (nSPS) is 13.3. The number of rotatable bonds is 3. The van der Waals surface area contributed by atoms with Gasteiger partial charge in [-0.2, -0.15) is 5.10 Å². The van der Waals surface area contributed by atoms with Crippen LogP contribution in [0.5, 0.6) is 0 Å². The standard InChI is InChI=1S/C16H18N4O3/c1-9-3-4-10(16(22)23-2)7-13(9)18-15(21)14-11-8-17-6-5-12(11)19-20-14/h3-4,7,17H,5-6,8H2,1-2H3,(H,18,21)(H,19,20). The zero-order valence-corrected chi connectivity index (χ0v) is 13.0. The monoisotopic (exact) mass is 314 g/mol. The minimum atomic E-state index is -0.443. The van der Waals surface area contributed by atoms with Gasteiger partial charge >= 0.3 is 5.97 Å². The molecule has 1 aliphatic heterocycles. The molecule has 0 unspecified atom stereocenters. The van der Waals surface area contributed by atoms with E-state index >= 15 is 0 Å². The molecule has 1 aromatic carbocycles. The lowest BCUT2D eigenvalue weighted by Gasteiger charge is -2.13. The molecule has 0 bridgehead atoms. The zero-order valence-electron chi connectivity index (χ0n) is 13.0. The first-order valence-electron chi connectivity index (χ1n) is 7.37. The number of hydrogen-bond acceptors (Lipinski definition) is 5. The third-order valence-corrected chi connectivity index (χ3v) is 3.93. The summed E-state index contributed by atoms with van der Waals surface area (Å²) in [4.78, 5) is 24.1. The first-order chi connectivity index (χ1) is 11.1. The topological polar surface area (TPSA) is 96.1 Å². The van der Waals surface area contributed by atoms with E-state index in [1.165, 1.54) is 7.11 Å². The summed E-state index contributed by atoms with van der Waals surface area (Å²) in [7, 11) is 1.32. The molecule has 0 saturated carbocycles. The molecule has 23 heavy (non-hydrogen) atoms. The largest absolute Gasteiger partial charge is 0.465 e. The molecule has 3 rings (SSSR count). The number of esters is 1.